The van der Waals surface area contributed by atoms with Gasteiger partial charge >= 0.3 is 5.97 Å². The van der Waals surface area contributed by atoms with E-state index in [1.807, 2.05) is 32.1 Å². The van der Waals surface area contributed by atoms with E-state index in [2.05, 4.69) is 0 Å². The van der Waals surface area contributed by atoms with Gasteiger partial charge in [0.05, 0.1) is 32.5 Å². The molecule has 0 radical (unpaired) electrons. The molecule has 1 heterocycles. The van der Waals surface area contributed by atoms with Crippen LogP contribution in [0.15, 0.2) is 41.7 Å². The Labute approximate surface area is 148 Å². The number of rotatable bonds is 7. The largest absolute Gasteiger partial charge is 0.504 e. The molecule has 1 aliphatic heterocycles. The fourth-order valence-corrected chi connectivity index (χ4v) is 2.97. The second-order valence-corrected chi connectivity index (χ2v) is 6.41. The van der Waals surface area contributed by atoms with Crippen molar-refractivity contribution in [2.24, 2.45) is 11.8 Å². The molecule has 0 amide bonds. The van der Waals surface area contributed by atoms with Crippen molar-refractivity contribution < 1.29 is 24.1 Å². The zero-order valence-corrected chi connectivity index (χ0v) is 15.2. The molecule has 25 heavy (non-hydrogen) atoms. The van der Waals surface area contributed by atoms with Crippen molar-refractivity contribution in [3.05, 3.63) is 47.2 Å². The van der Waals surface area contributed by atoms with Gasteiger partial charge in [0, 0.05) is 5.92 Å². The second kappa shape index (κ2) is 8.60. The molecular weight excluding hydrogens is 320 g/mol. The van der Waals surface area contributed by atoms with Crippen LogP contribution >= 0.6 is 0 Å². The fourth-order valence-electron chi connectivity index (χ4n) is 2.97. The van der Waals surface area contributed by atoms with Gasteiger partial charge in [-0.1, -0.05) is 17.7 Å². The van der Waals surface area contributed by atoms with E-state index < -0.39 is 0 Å². The van der Waals surface area contributed by atoms with E-state index in [4.69, 9.17) is 14.2 Å². The molecule has 1 N–H and O–H groups in total. The van der Waals surface area contributed by atoms with E-state index in [9.17, 15) is 9.90 Å². The number of phenolic OH excluding ortho intramolecular Hbond substituents is 1. The van der Waals surface area contributed by atoms with Crippen molar-refractivity contribution in [3.63, 3.8) is 0 Å². The Bertz CT molecular complexity index is 675. The van der Waals surface area contributed by atoms with E-state index in [0.717, 1.165) is 17.7 Å². The molecule has 2 unspecified atom stereocenters. The van der Waals surface area contributed by atoms with Gasteiger partial charge < -0.3 is 19.3 Å². The molecule has 1 saturated heterocycles. The highest BCUT2D eigenvalue weighted by Gasteiger charge is 2.36. The molecule has 0 spiro atoms. The zero-order valence-electron chi connectivity index (χ0n) is 15.2. The quantitative estimate of drug-likeness (QED) is 0.464. The van der Waals surface area contributed by atoms with Crippen LogP contribution in [0.2, 0.25) is 0 Å². The van der Waals surface area contributed by atoms with Crippen molar-refractivity contribution in [2.75, 3.05) is 20.8 Å². The molecule has 5 heteroatoms. The maximum Gasteiger partial charge on any atom is 0.309 e. The first kappa shape index (κ1) is 18.9. The number of phenols is 1. The molecule has 0 saturated carbocycles. The number of allylic oxidation sites excluding steroid dienone is 4. The van der Waals surface area contributed by atoms with Gasteiger partial charge in [0.15, 0.2) is 11.5 Å². The van der Waals surface area contributed by atoms with E-state index in [1.165, 1.54) is 12.7 Å². The van der Waals surface area contributed by atoms with Gasteiger partial charge in [-0.15, -0.1) is 0 Å². The zero-order chi connectivity index (χ0) is 18.4. The van der Waals surface area contributed by atoms with Crippen LogP contribution in [0.5, 0.6) is 11.5 Å². The lowest BCUT2D eigenvalue weighted by Gasteiger charge is -2.16. The first-order valence-electron chi connectivity index (χ1n) is 8.35. The lowest BCUT2D eigenvalue weighted by molar-refractivity contribution is -0.141. The lowest BCUT2D eigenvalue weighted by atomic mass is 9.85. The third kappa shape index (κ3) is 5.02. The number of carbonyl (C=O) groups excluding carboxylic acids is 1. The van der Waals surface area contributed by atoms with E-state index in [0.29, 0.717) is 18.8 Å². The lowest BCUT2D eigenvalue weighted by Crippen LogP contribution is -2.19. The molecule has 0 aromatic heterocycles. The third-order valence-electron chi connectivity index (χ3n) is 4.52. The summed E-state index contributed by atoms with van der Waals surface area (Å²) in [6.45, 7) is 4.38. The summed E-state index contributed by atoms with van der Waals surface area (Å²) < 4.78 is 15.6. The van der Waals surface area contributed by atoms with Crippen molar-refractivity contribution in [1.29, 1.82) is 0 Å². The predicted molar refractivity (Wildman–Crippen MR) is 95.4 cm³/mol. The third-order valence-corrected chi connectivity index (χ3v) is 4.52. The first-order chi connectivity index (χ1) is 11.9. The normalized spacial score (nSPS) is 21.2. The summed E-state index contributed by atoms with van der Waals surface area (Å²) in [5, 5.41) is 9.70. The summed E-state index contributed by atoms with van der Waals surface area (Å²) in [6.07, 6.45) is 5.30. The SMILES string of the molecule is COC(C)=CC=C(C)CC1COC(=O)C1Cc1ccc(O)c(OC)c1. The highest BCUT2D eigenvalue weighted by Crippen LogP contribution is 2.33. The highest BCUT2D eigenvalue weighted by atomic mass is 16.5. The Morgan fingerprint density at radius 1 is 1.32 bits per heavy atom. The fraction of sp³-hybridized carbons (Fsp3) is 0.450. The topological polar surface area (TPSA) is 65.0 Å². The number of cyclic esters (lactones) is 1. The summed E-state index contributed by atoms with van der Waals surface area (Å²) in [6, 6.07) is 5.17. The van der Waals surface area contributed by atoms with Crippen LogP contribution in [0, 0.1) is 11.8 Å². The van der Waals surface area contributed by atoms with Crippen molar-refractivity contribution >= 4 is 5.97 Å². The van der Waals surface area contributed by atoms with E-state index in [-0.39, 0.29) is 23.6 Å². The van der Waals surface area contributed by atoms with Crippen LogP contribution in [0.4, 0.5) is 0 Å². The van der Waals surface area contributed by atoms with Gasteiger partial charge in [0.25, 0.3) is 0 Å². The number of aromatic hydroxyl groups is 1. The Morgan fingerprint density at radius 3 is 2.76 bits per heavy atom. The number of ether oxygens (including phenoxy) is 3. The number of esters is 1. The smallest absolute Gasteiger partial charge is 0.309 e. The number of hydrogen-bond donors (Lipinski definition) is 1. The standard InChI is InChI=1S/C20H26O5/c1-13(5-6-14(2)23-3)9-16-12-25-20(22)17(16)10-15-7-8-18(21)19(11-15)24-4/h5-8,11,16-17,21H,9-10,12H2,1-4H3. The van der Waals surface area contributed by atoms with Gasteiger partial charge in [-0.25, -0.2) is 0 Å². The Balaban J connectivity index is 2.09. The molecule has 5 nitrogen and oxygen atoms in total. The molecule has 1 aromatic rings. The number of methoxy groups -OCH3 is 2. The van der Waals surface area contributed by atoms with Gasteiger partial charge in [-0.3, -0.25) is 4.79 Å². The van der Waals surface area contributed by atoms with Gasteiger partial charge in [-0.05, 0) is 50.5 Å². The van der Waals surface area contributed by atoms with Gasteiger partial charge in [0.1, 0.15) is 0 Å². The Kier molecular flexibility index (Phi) is 6.51. The number of hydrogen-bond acceptors (Lipinski definition) is 5. The van der Waals surface area contributed by atoms with Crippen LogP contribution < -0.4 is 4.74 Å². The van der Waals surface area contributed by atoms with Crippen LogP contribution in [-0.2, 0) is 20.7 Å². The summed E-state index contributed by atoms with van der Waals surface area (Å²) in [5.41, 5.74) is 2.12. The Morgan fingerprint density at radius 2 is 2.08 bits per heavy atom. The molecular formula is C20H26O5. The first-order valence-corrected chi connectivity index (χ1v) is 8.35. The van der Waals surface area contributed by atoms with Crippen molar-refractivity contribution in [2.45, 2.75) is 26.7 Å². The second-order valence-electron chi connectivity index (χ2n) is 6.41. The molecule has 2 rings (SSSR count). The highest BCUT2D eigenvalue weighted by molar-refractivity contribution is 5.75. The molecule has 2 atom stereocenters. The maximum atomic E-state index is 12.2. The summed E-state index contributed by atoms with van der Waals surface area (Å²) in [7, 11) is 3.15. The monoisotopic (exact) mass is 346 g/mol. The maximum absolute atomic E-state index is 12.2. The summed E-state index contributed by atoms with van der Waals surface area (Å²) in [4.78, 5) is 12.2. The van der Waals surface area contributed by atoms with Gasteiger partial charge in [0.2, 0.25) is 0 Å². The number of benzene rings is 1. The van der Waals surface area contributed by atoms with Crippen LogP contribution in [0.25, 0.3) is 0 Å². The minimum Gasteiger partial charge on any atom is -0.504 e. The number of carbonyl (C=O) groups is 1. The van der Waals surface area contributed by atoms with E-state index in [1.54, 1.807) is 19.2 Å². The average molecular weight is 346 g/mol. The minimum absolute atomic E-state index is 0.0934. The van der Waals surface area contributed by atoms with Crippen molar-refractivity contribution in [1.82, 2.24) is 0 Å². The van der Waals surface area contributed by atoms with Crippen LogP contribution in [0.1, 0.15) is 25.8 Å². The molecule has 136 valence electrons. The molecule has 1 aliphatic rings. The van der Waals surface area contributed by atoms with E-state index >= 15 is 0 Å². The molecule has 1 fully saturated rings. The molecule has 1 aromatic carbocycles. The predicted octanol–water partition coefficient (Wildman–Crippen LogP) is 3.62. The average Bonchev–Trinajstić information content (AvgIpc) is 2.94. The Hall–Kier alpha value is -2.43. The van der Waals surface area contributed by atoms with Crippen LogP contribution in [0.3, 0.4) is 0 Å². The van der Waals surface area contributed by atoms with Gasteiger partial charge in [-0.2, -0.15) is 0 Å². The molecule has 0 aliphatic carbocycles. The minimum atomic E-state index is -0.190. The van der Waals surface area contributed by atoms with Crippen LogP contribution in [-0.4, -0.2) is 31.9 Å². The van der Waals surface area contributed by atoms with Crippen molar-refractivity contribution in [3.8, 4) is 11.5 Å². The summed E-state index contributed by atoms with van der Waals surface area (Å²) >= 11 is 0. The molecule has 0 bridgehead atoms. The summed E-state index contributed by atoms with van der Waals surface area (Å²) in [5.74, 6) is 1.14.